The predicted octanol–water partition coefficient (Wildman–Crippen LogP) is 3.02. The number of rotatable bonds is 9. The molecule has 0 radical (unpaired) electrons. The smallest absolute Gasteiger partial charge is 0.253 e. The number of hydrogen-bond donors (Lipinski definition) is 2. The summed E-state index contributed by atoms with van der Waals surface area (Å²) in [7, 11) is 2.95. The standard InChI is InChI=1S/C21H24N2O5S/c1-4-8-15(19(22)24)23-20(25)13-9-5-6-12-17(13)29-21(26)14-10-7-11-16(27-2)18(14)28-3/h5-7,9-12,15H,4,8H2,1-3H3,(H2,22,24)(H,23,25)/t15-/m0/s1. The minimum Gasteiger partial charge on any atom is -0.493 e. The van der Waals surface area contributed by atoms with Gasteiger partial charge in [-0.25, -0.2) is 0 Å². The van der Waals surface area contributed by atoms with Gasteiger partial charge in [0.1, 0.15) is 6.04 Å². The van der Waals surface area contributed by atoms with E-state index in [1.165, 1.54) is 14.2 Å². The summed E-state index contributed by atoms with van der Waals surface area (Å²) in [6, 6.07) is 10.9. The zero-order valence-corrected chi connectivity index (χ0v) is 17.4. The van der Waals surface area contributed by atoms with E-state index in [9.17, 15) is 14.4 Å². The van der Waals surface area contributed by atoms with Crippen LogP contribution in [0.3, 0.4) is 0 Å². The van der Waals surface area contributed by atoms with Crippen molar-refractivity contribution in [1.82, 2.24) is 5.32 Å². The number of para-hydroxylation sites is 1. The summed E-state index contributed by atoms with van der Waals surface area (Å²) in [6.07, 6.45) is 1.13. The van der Waals surface area contributed by atoms with Crippen LogP contribution in [0, 0.1) is 0 Å². The first kappa shape index (κ1) is 22.3. The van der Waals surface area contributed by atoms with Gasteiger partial charge in [0.05, 0.1) is 25.3 Å². The third-order valence-corrected chi connectivity index (χ3v) is 5.16. The molecule has 3 N–H and O–H groups in total. The van der Waals surface area contributed by atoms with E-state index in [1.54, 1.807) is 42.5 Å². The highest BCUT2D eigenvalue weighted by atomic mass is 32.2. The van der Waals surface area contributed by atoms with Gasteiger partial charge in [-0.2, -0.15) is 0 Å². The zero-order chi connectivity index (χ0) is 21.4. The number of methoxy groups -OCH3 is 2. The first-order chi connectivity index (χ1) is 13.9. The number of nitrogens with two attached hydrogens (primary N) is 1. The predicted molar refractivity (Wildman–Crippen MR) is 112 cm³/mol. The summed E-state index contributed by atoms with van der Waals surface area (Å²) in [6.45, 7) is 1.89. The van der Waals surface area contributed by atoms with Crippen LogP contribution in [-0.4, -0.2) is 37.2 Å². The Morgan fingerprint density at radius 1 is 1.03 bits per heavy atom. The highest BCUT2D eigenvalue weighted by Crippen LogP contribution is 2.35. The Balaban J connectivity index is 2.28. The largest absolute Gasteiger partial charge is 0.493 e. The van der Waals surface area contributed by atoms with Crippen LogP contribution in [0.4, 0.5) is 0 Å². The molecule has 0 saturated carbocycles. The van der Waals surface area contributed by atoms with Gasteiger partial charge in [-0.15, -0.1) is 0 Å². The molecular formula is C21H24N2O5S. The molecule has 2 rings (SSSR count). The molecule has 0 saturated heterocycles. The SMILES string of the molecule is CCC[C@H](NC(=O)c1ccccc1SC(=O)c1cccc(OC)c1OC)C(N)=O. The van der Waals surface area contributed by atoms with Crippen molar-refractivity contribution in [1.29, 1.82) is 0 Å². The van der Waals surface area contributed by atoms with Crippen molar-refractivity contribution < 1.29 is 23.9 Å². The molecule has 29 heavy (non-hydrogen) atoms. The lowest BCUT2D eigenvalue weighted by Gasteiger charge is -2.16. The maximum Gasteiger partial charge on any atom is 0.253 e. The summed E-state index contributed by atoms with van der Waals surface area (Å²) < 4.78 is 10.6. The molecule has 2 aromatic rings. The highest BCUT2D eigenvalue weighted by Gasteiger charge is 2.23. The summed E-state index contributed by atoms with van der Waals surface area (Å²) >= 11 is 0.898. The van der Waals surface area contributed by atoms with Crippen molar-refractivity contribution in [3.05, 3.63) is 53.6 Å². The third-order valence-electron chi connectivity index (χ3n) is 4.18. The van der Waals surface area contributed by atoms with Crippen LogP contribution in [0.2, 0.25) is 0 Å². The van der Waals surface area contributed by atoms with Crippen LogP contribution in [0.15, 0.2) is 47.4 Å². The molecule has 0 bridgehead atoms. The van der Waals surface area contributed by atoms with Crippen molar-refractivity contribution in [3.63, 3.8) is 0 Å². The van der Waals surface area contributed by atoms with Crippen molar-refractivity contribution in [2.24, 2.45) is 5.73 Å². The lowest BCUT2D eigenvalue weighted by atomic mass is 10.1. The summed E-state index contributed by atoms with van der Waals surface area (Å²) in [5.41, 5.74) is 5.98. The number of primary amides is 1. The molecule has 0 spiro atoms. The van der Waals surface area contributed by atoms with E-state index < -0.39 is 17.9 Å². The Labute approximate surface area is 173 Å². The normalized spacial score (nSPS) is 11.4. The number of carbonyl (C=O) groups is 3. The summed E-state index contributed by atoms with van der Waals surface area (Å²) in [4.78, 5) is 37.6. The zero-order valence-electron chi connectivity index (χ0n) is 16.6. The van der Waals surface area contributed by atoms with Crippen LogP contribution in [0.25, 0.3) is 0 Å². The van der Waals surface area contributed by atoms with Crippen molar-refractivity contribution in [2.75, 3.05) is 14.2 Å². The van der Waals surface area contributed by atoms with E-state index in [0.717, 1.165) is 11.8 Å². The van der Waals surface area contributed by atoms with Gasteiger partial charge < -0.3 is 20.5 Å². The molecule has 0 unspecified atom stereocenters. The molecule has 0 aliphatic rings. The van der Waals surface area contributed by atoms with E-state index in [4.69, 9.17) is 15.2 Å². The fourth-order valence-electron chi connectivity index (χ4n) is 2.76. The number of thioether (sulfide) groups is 1. The van der Waals surface area contributed by atoms with E-state index in [0.29, 0.717) is 34.8 Å². The van der Waals surface area contributed by atoms with Crippen molar-refractivity contribution in [2.45, 2.75) is 30.7 Å². The minimum absolute atomic E-state index is 0.287. The third kappa shape index (κ3) is 5.51. The molecule has 2 amide bonds. The van der Waals surface area contributed by atoms with Gasteiger partial charge in [0.25, 0.3) is 5.91 Å². The first-order valence-corrected chi connectivity index (χ1v) is 9.86. The van der Waals surface area contributed by atoms with Gasteiger partial charge in [0.15, 0.2) is 11.5 Å². The van der Waals surface area contributed by atoms with E-state index in [1.807, 2.05) is 6.92 Å². The van der Waals surface area contributed by atoms with Gasteiger partial charge in [0.2, 0.25) is 11.0 Å². The molecule has 1 atom stereocenters. The van der Waals surface area contributed by atoms with Crippen molar-refractivity contribution >= 4 is 28.7 Å². The summed E-state index contributed by atoms with van der Waals surface area (Å²) in [5, 5.41) is 2.34. The lowest BCUT2D eigenvalue weighted by molar-refractivity contribution is -0.120. The minimum atomic E-state index is -0.764. The molecule has 154 valence electrons. The fourth-order valence-corrected chi connectivity index (χ4v) is 3.64. The quantitative estimate of drug-likeness (QED) is 0.609. The topological polar surface area (TPSA) is 108 Å². The molecule has 0 aromatic heterocycles. The van der Waals surface area contributed by atoms with Crippen LogP contribution in [0.1, 0.15) is 40.5 Å². The van der Waals surface area contributed by atoms with Gasteiger partial charge in [-0.3, -0.25) is 14.4 Å². The Morgan fingerprint density at radius 3 is 2.34 bits per heavy atom. The Kier molecular flexibility index (Phi) is 8.09. The van der Waals surface area contributed by atoms with E-state index in [-0.39, 0.29) is 10.7 Å². The second kappa shape index (κ2) is 10.5. The Hall–Kier alpha value is -3.00. The van der Waals surface area contributed by atoms with E-state index in [2.05, 4.69) is 5.32 Å². The Bertz CT molecular complexity index is 900. The number of amides is 2. The molecule has 0 aliphatic heterocycles. The van der Waals surface area contributed by atoms with Gasteiger partial charge >= 0.3 is 0 Å². The van der Waals surface area contributed by atoms with Crippen molar-refractivity contribution in [3.8, 4) is 11.5 Å². The highest BCUT2D eigenvalue weighted by molar-refractivity contribution is 8.14. The lowest BCUT2D eigenvalue weighted by Crippen LogP contribution is -2.44. The molecule has 0 aliphatic carbocycles. The maximum absolute atomic E-state index is 12.9. The number of nitrogens with one attached hydrogen (secondary N) is 1. The average molecular weight is 416 g/mol. The van der Waals surface area contributed by atoms with Crippen LogP contribution < -0.4 is 20.5 Å². The van der Waals surface area contributed by atoms with Gasteiger partial charge in [-0.1, -0.05) is 31.5 Å². The van der Waals surface area contributed by atoms with E-state index >= 15 is 0 Å². The maximum atomic E-state index is 12.9. The monoisotopic (exact) mass is 416 g/mol. The fraction of sp³-hybridized carbons (Fsp3) is 0.286. The molecule has 7 nitrogen and oxygen atoms in total. The Morgan fingerprint density at radius 2 is 1.72 bits per heavy atom. The van der Waals surface area contributed by atoms with Gasteiger partial charge in [0, 0.05) is 4.90 Å². The average Bonchev–Trinajstić information content (AvgIpc) is 2.72. The molecule has 0 heterocycles. The van der Waals surface area contributed by atoms with Crippen LogP contribution in [0.5, 0.6) is 11.5 Å². The molecule has 0 fully saturated rings. The second-order valence-electron chi connectivity index (χ2n) is 6.14. The number of ether oxygens (including phenoxy) is 2. The molecular weight excluding hydrogens is 392 g/mol. The molecule has 8 heteroatoms. The number of benzene rings is 2. The van der Waals surface area contributed by atoms with Gasteiger partial charge in [-0.05, 0) is 42.4 Å². The summed E-state index contributed by atoms with van der Waals surface area (Å²) in [5.74, 6) is -0.293. The second-order valence-corrected chi connectivity index (χ2v) is 7.16. The first-order valence-electron chi connectivity index (χ1n) is 9.05. The van der Waals surface area contributed by atoms with Crippen LogP contribution >= 0.6 is 11.8 Å². The number of hydrogen-bond acceptors (Lipinski definition) is 6. The number of carbonyl (C=O) groups excluding carboxylic acids is 3. The van der Waals surface area contributed by atoms with Crippen LogP contribution in [-0.2, 0) is 4.79 Å². The molecule has 2 aromatic carbocycles.